The van der Waals surface area contributed by atoms with Gasteiger partial charge in [0, 0.05) is 5.39 Å². The number of para-hydroxylation sites is 1. The van der Waals surface area contributed by atoms with Crippen LogP contribution in [0.5, 0.6) is 5.75 Å². The lowest BCUT2D eigenvalue weighted by Crippen LogP contribution is -1.89. The number of fused-ring (bicyclic) bond motifs is 1. The van der Waals surface area contributed by atoms with Crippen LogP contribution in [0.2, 0.25) is 5.15 Å². The number of ether oxygens (including phenoxy) is 1. The Balaban J connectivity index is 2.86. The number of aromatic nitrogens is 1. The molecule has 3 heteroatoms. The molecule has 0 unspecified atom stereocenters. The smallest absolute Gasteiger partial charge is 0.145 e. The second-order valence-electron chi connectivity index (χ2n) is 3.12. The van der Waals surface area contributed by atoms with Crippen molar-refractivity contribution in [3.8, 4) is 5.75 Å². The molecule has 0 spiro atoms. The Bertz CT molecular complexity index is 482. The third-order valence-corrected chi connectivity index (χ3v) is 2.39. The molecule has 0 amide bonds. The summed E-state index contributed by atoms with van der Waals surface area (Å²) in [4.78, 5) is 4.25. The molecule has 0 aliphatic heterocycles. The molecule has 2 aromatic rings. The van der Waals surface area contributed by atoms with Gasteiger partial charge in [0.15, 0.2) is 0 Å². The number of benzene rings is 1. The van der Waals surface area contributed by atoms with Crippen LogP contribution in [-0.4, -0.2) is 12.1 Å². The minimum absolute atomic E-state index is 0.500. The van der Waals surface area contributed by atoms with E-state index >= 15 is 0 Å². The number of rotatable bonds is 1. The van der Waals surface area contributed by atoms with Gasteiger partial charge in [0.1, 0.15) is 16.4 Å². The van der Waals surface area contributed by atoms with Crippen LogP contribution in [0.4, 0.5) is 0 Å². The number of hydrogen-bond donors (Lipinski definition) is 0. The summed E-state index contributed by atoms with van der Waals surface area (Å²) in [5.41, 5.74) is 1.93. The first-order chi connectivity index (χ1) is 6.72. The maximum atomic E-state index is 5.89. The van der Waals surface area contributed by atoms with Crippen LogP contribution in [0.25, 0.3) is 10.9 Å². The number of aryl methyl sites for hydroxylation is 1. The molecular weight excluding hydrogens is 198 g/mol. The van der Waals surface area contributed by atoms with E-state index in [1.165, 1.54) is 0 Å². The molecule has 0 N–H and O–H groups in total. The summed E-state index contributed by atoms with van der Waals surface area (Å²) >= 11 is 5.89. The zero-order valence-electron chi connectivity index (χ0n) is 8.04. The van der Waals surface area contributed by atoms with E-state index < -0.39 is 0 Å². The largest absolute Gasteiger partial charge is 0.494 e. The van der Waals surface area contributed by atoms with Gasteiger partial charge in [0.25, 0.3) is 0 Å². The van der Waals surface area contributed by atoms with E-state index in [0.29, 0.717) is 5.15 Å². The van der Waals surface area contributed by atoms with E-state index in [4.69, 9.17) is 16.3 Å². The monoisotopic (exact) mass is 207 g/mol. The topological polar surface area (TPSA) is 22.1 Å². The summed E-state index contributed by atoms with van der Waals surface area (Å²) in [5, 5.41) is 1.58. The highest BCUT2D eigenvalue weighted by Crippen LogP contribution is 2.27. The first kappa shape index (κ1) is 9.28. The van der Waals surface area contributed by atoms with Gasteiger partial charge < -0.3 is 4.74 Å². The molecule has 1 heterocycles. The lowest BCUT2D eigenvalue weighted by atomic mass is 10.1. The van der Waals surface area contributed by atoms with Crippen molar-refractivity contribution in [1.82, 2.24) is 4.98 Å². The SMILES string of the molecule is COc1cccc2c(C)cc(Cl)nc12. The molecule has 2 nitrogen and oxygen atoms in total. The fourth-order valence-corrected chi connectivity index (χ4v) is 1.76. The molecular formula is C11H10ClNO. The molecule has 1 aromatic carbocycles. The van der Waals surface area contributed by atoms with Gasteiger partial charge in [0.05, 0.1) is 7.11 Å². The number of nitrogens with zero attached hydrogens (tertiary/aromatic N) is 1. The van der Waals surface area contributed by atoms with Crippen LogP contribution in [0.3, 0.4) is 0 Å². The second-order valence-corrected chi connectivity index (χ2v) is 3.51. The summed E-state index contributed by atoms with van der Waals surface area (Å²) in [6.45, 7) is 2.01. The first-order valence-electron chi connectivity index (χ1n) is 4.32. The predicted octanol–water partition coefficient (Wildman–Crippen LogP) is 3.21. The molecule has 0 aliphatic rings. The van der Waals surface area contributed by atoms with Gasteiger partial charge in [-0.25, -0.2) is 4.98 Å². The highest BCUT2D eigenvalue weighted by Gasteiger charge is 2.05. The van der Waals surface area contributed by atoms with E-state index in [1.54, 1.807) is 7.11 Å². The Hall–Kier alpha value is -1.28. The maximum Gasteiger partial charge on any atom is 0.145 e. The van der Waals surface area contributed by atoms with Crippen molar-refractivity contribution in [2.45, 2.75) is 6.92 Å². The lowest BCUT2D eigenvalue weighted by molar-refractivity contribution is 0.419. The first-order valence-corrected chi connectivity index (χ1v) is 4.70. The van der Waals surface area contributed by atoms with Crippen molar-refractivity contribution >= 4 is 22.5 Å². The van der Waals surface area contributed by atoms with Gasteiger partial charge in [-0.3, -0.25) is 0 Å². The summed E-state index contributed by atoms with van der Waals surface area (Å²) in [6.07, 6.45) is 0. The molecule has 0 aliphatic carbocycles. The molecule has 0 radical (unpaired) electrons. The fourth-order valence-electron chi connectivity index (χ4n) is 1.52. The van der Waals surface area contributed by atoms with Gasteiger partial charge in [-0.05, 0) is 24.6 Å². The third-order valence-electron chi connectivity index (χ3n) is 2.20. The van der Waals surface area contributed by atoms with E-state index in [9.17, 15) is 0 Å². The van der Waals surface area contributed by atoms with Gasteiger partial charge >= 0.3 is 0 Å². The molecule has 14 heavy (non-hydrogen) atoms. The maximum absolute atomic E-state index is 5.89. The van der Waals surface area contributed by atoms with Crippen molar-refractivity contribution in [2.75, 3.05) is 7.11 Å². The molecule has 0 saturated carbocycles. The zero-order chi connectivity index (χ0) is 10.1. The van der Waals surface area contributed by atoms with Crippen molar-refractivity contribution in [1.29, 1.82) is 0 Å². The Labute approximate surface area is 87.5 Å². The molecule has 1 aromatic heterocycles. The average Bonchev–Trinajstić information content (AvgIpc) is 2.17. The minimum Gasteiger partial charge on any atom is -0.494 e. The summed E-state index contributed by atoms with van der Waals surface area (Å²) in [6, 6.07) is 7.69. The number of hydrogen-bond acceptors (Lipinski definition) is 2. The average molecular weight is 208 g/mol. The van der Waals surface area contributed by atoms with Crippen molar-refractivity contribution in [2.24, 2.45) is 0 Å². The highest BCUT2D eigenvalue weighted by molar-refractivity contribution is 6.30. The normalized spacial score (nSPS) is 10.5. The third kappa shape index (κ3) is 1.42. The van der Waals surface area contributed by atoms with Gasteiger partial charge in [-0.1, -0.05) is 23.7 Å². The second kappa shape index (κ2) is 3.46. The minimum atomic E-state index is 0.500. The highest BCUT2D eigenvalue weighted by atomic mass is 35.5. The van der Waals surface area contributed by atoms with Gasteiger partial charge in [-0.15, -0.1) is 0 Å². The molecule has 0 atom stereocenters. The number of halogens is 1. The molecule has 0 saturated heterocycles. The number of pyridine rings is 1. The molecule has 2 rings (SSSR count). The summed E-state index contributed by atoms with van der Waals surface area (Å²) in [5.74, 6) is 0.758. The molecule has 0 bridgehead atoms. The zero-order valence-corrected chi connectivity index (χ0v) is 8.80. The Morgan fingerprint density at radius 2 is 2.14 bits per heavy atom. The van der Waals surface area contributed by atoms with E-state index in [-0.39, 0.29) is 0 Å². The van der Waals surface area contributed by atoms with Crippen LogP contribution < -0.4 is 4.74 Å². The van der Waals surface area contributed by atoms with Crippen LogP contribution in [0.1, 0.15) is 5.56 Å². The lowest BCUT2D eigenvalue weighted by Gasteiger charge is -2.06. The molecule has 0 fully saturated rings. The van der Waals surface area contributed by atoms with E-state index in [0.717, 1.165) is 22.2 Å². The van der Waals surface area contributed by atoms with Gasteiger partial charge in [0.2, 0.25) is 0 Å². The quantitative estimate of drug-likeness (QED) is 0.670. The van der Waals surface area contributed by atoms with Crippen molar-refractivity contribution < 1.29 is 4.74 Å². The standard InChI is InChI=1S/C11H10ClNO/c1-7-6-10(12)13-11-8(7)4-3-5-9(11)14-2/h3-6H,1-2H3. The predicted molar refractivity (Wildman–Crippen MR) is 58.0 cm³/mol. The van der Waals surface area contributed by atoms with Crippen LogP contribution in [0.15, 0.2) is 24.3 Å². The molecule has 72 valence electrons. The summed E-state index contributed by atoms with van der Waals surface area (Å²) < 4.78 is 5.22. The Kier molecular flexibility index (Phi) is 2.30. The van der Waals surface area contributed by atoms with Crippen LogP contribution in [-0.2, 0) is 0 Å². The Morgan fingerprint density at radius 3 is 2.86 bits per heavy atom. The fraction of sp³-hybridized carbons (Fsp3) is 0.182. The van der Waals surface area contributed by atoms with E-state index in [1.807, 2.05) is 31.2 Å². The van der Waals surface area contributed by atoms with Crippen LogP contribution in [0, 0.1) is 6.92 Å². The van der Waals surface area contributed by atoms with Crippen molar-refractivity contribution in [3.63, 3.8) is 0 Å². The van der Waals surface area contributed by atoms with E-state index in [2.05, 4.69) is 4.98 Å². The van der Waals surface area contributed by atoms with Gasteiger partial charge in [-0.2, -0.15) is 0 Å². The van der Waals surface area contributed by atoms with Crippen molar-refractivity contribution in [3.05, 3.63) is 35.0 Å². The Morgan fingerprint density at radius 1 is 1.36 bits per heavy atom. The number of methoxy groups -OCH3 is 1. The summed E-state index contributed by atoms with van der Waals surface area (Å²) in [7, 11) is 1.63. The van der Waals surface area contributed by atoms with Crippen LogP contribution >= 0.6 is 11.6 Å².